The molecule has 2 aromatic heterocycles. The van der Waals surface area contributed by atoms with Crippen molar-refractivity contribution in [3.05, 3.63) is 51.2 Å². The zero-order valence-electron chi connectivity index (χ0n) is 10.2. The normalized spacial score (nSPS) is 11.1. The molecule has 0 fully saturated rings. The molecule has 2 heterocycles. The van der Waals surface area contributed by atoms with Crippen LogP contribution >= 0.6 is 28.1 Å². The van der Waals surface area contributed by atoms with E-state index in [1.807, 2.05) is 29.7 Å². The third-order valence-corrected chi connectivity index (χ3v) is 3.71. The third-order valence-electron chi connectivity index (χ3n) is 2.89. The topological polar surface area (TPSA) is 46.5 Å². The molecule has 3 rings (SSSR count). The Bertz CT molecular complexity index is 789. The molecule has 4 nitrogen and oxygen atoms in total. The maximum Gasteiger partial charge on any atom is 0.178 e. The van der Waals surface area contributed by atoms with Crippen LogP contribution in [0.2, 0.25) is 0 Å². The molecule has 3 aromatic rings. The van der Waals surface area contributed by atoms with E-state index >= 15 is 0 Å². The van der Waals surface area contributed by atoms with Gasteiger partial charge in [-0.25, -0.2) is 0 Å². The van der Waals surface area contributed by atoms with Crippen molar-refractivity contribution < 1.29 is 0 Å². The van der Waals surface area contributed by atoms with Crippen molar-refractivity contribution in [1.29, 1.82) is 0 Å². The number of rotatable bonds is 2. The van der Waals surface area contributed by atoms with Crippen molar-refractivity contribution in [2.45, 2.75) is 13.5 Å². The quantitative estimate of drug-likeness (QED) is 0.728. The lowest BCUT2D eigenvalue weighted by Crippen LogP contribution is -2.02. The summed E-state index contributed by atoms with van der Waals surface area (Å²) in [6, 6.07) is 6.05. The second-order valence-electron chi connectivity index (χ2n) is 4.33. The van der Waals surface area contributed by atoms with Crippen LogP contribution in [0.4, 0.5) is 0 Å². The fourth-order valence-corrected chi connectivity index (χ4v) is 2.59. The van der Waals surface area contributed by atoms with E-state index in [-0.39, 0.29) is 0 Å². The smallest absolute Gasteiger partial charge is 0.178 e. The molecule has 0 unspecified atom stereocenters. The summed E-state index contributed by atoms with van der Waals surface area (Å²) in [5.74, 6) is 0. The van der Waals surface area contributed by atoms with Gasteiger partial charge in [-0.3, -0.25) is 9.97 Å². The predicted molar refractivity (Wildman–Crippen MR) is 80.7 cm³/mol. The van der Waals surface area contributed by atoms with Crippen molar-refractivity contribution in [2.24, 2.45) is 0 Å². The van der Waals surface area contributed by atoms with Gasteiger partial charge in [0.05, 0.1) is 35.2 Å². The van der Waals surface area contributed by atoms with Gasteiger partial charge in [-0.15, -0.1) is 0 Å². The molecule has 1 aromatic carbocycles. The Hall–Kier alpha value is -1.53. The first kappa shape index (κ1) is 12.5. The van der Waals surface area contributed by atoms with E-state index in [2.05, 4.69) is 30.9 Å². The molecule has 1 N–H and O–H groups in total. The van der Waals surface area contributed by atoms with Crippen molar-refractivity contribution in [2.75, 3.05) is 0 Å². The first-order chi connectivity index (χ1) is 9.13. The molecule has 0 saturated heterocycles. The molecule has 96 valence electrons. The molecule has 0 saturated carbocycles. The highest BCUT2D eigenvalue weighted by atomic mass is 79.9. The molecular formula is C13H11BrN4S. The summed E-state index contributed by atoms with van der Waals surface area (Å²) < 4.78 is 3.74. The van der Waals surface area contributed by atoms with E-state index in [9.17, 15) is 0 Å². The van der Waals surface area contributed by atoms with Crippen LogP contribution in [-0.2, 0) is 6.54 Å². The summed E-state index contributed by atoms with van der Waals surface area (Å²) in [6.45, 7) is 2.54. The number of nitrogens with one attached hydrogen (secondary N) is 1. The summed E-state index contributed by atoms with van der Waals surface area (Å²) in [5.41, 5.74) is 3.88. The van der Waals surface area contributed by atoms with Crippen LogP contribution in [0.25, 0.3) is 11.0 Å². The fourth-order valence-electron chi connectivity index (χ4n) is 1.96. The Morgan fingerprint density at radius 1 is 1.32 bits per heavy atom. The maximum atomic E-state index is 5.37. The van der Waals surface area contributed by atoms with Gasteiger partial charge in [0, 0.05) is 10.7 Å². The number of benzene rings is 1. The van der Waals surface area contributed by atoms with E-state index in [1.165, 1.54) is 0 Å². The van der Waals surface area contributed by atoms with Crippen molar-refractivity contribution in [1.82, 2.24) is 19.5 Å². The Morgan fingerprint density at radius 2 is 2.16 bits per heavy atom. The summed E-state index contributed by atoms with van der Waals surface area (Å²) >= 11 is 8.82. The highest BCUT2D eigenvalue weighted by Crippen LogP contribution is 2.20. The van der Waals surface area contributed by atoms with Gasteiger partial charge in [-0.05, 0) is 37.3 Å². The van der Waals surface area contributed by atoms with E-state index in [0.717, 1.165) is 26.9 Å². The molecule has 0 spiro atoms. The first-order valence-corrected chi connectivity index (χ1v) is 6.99. The lowest BCUT2D eigenvalue weighted by Gasteiger charge is -2.04. The van der Waals surface area contributed by atoms with Gasteiger partial charge in [0.2, 0.25) is 0 Å². The number of aromatic nitrogens is 4. The van der Waals surface area contributed by atoms with E-state index < -0.39 is 0 Å². The van der Waals surface area contributed by atoms with Gasteiger partial charge >= 0.3 is 0 Å². The van der Waals surface area contributed by atoms with Crippen LogP contribution in [0, 0.1) is 11.7 Å². The predicted octanol–water partition coefficient (Wildman–Crippen LogP) is 3.61. The molecule has 19 heavy (non-hydrogen) atoms. The highest BCUT2D eigenvalue weighted by Gasteiger charge is 2.06. The van der Waals surface area contributed by atoms with Crippen LogP contribution in [0.3, 0.4) is 0 Å². The molecule has 0 bridgehead atoms. The Kier molecular flexibility index (Phi) is 3.20. The van der Waals surface area contributed by atoms with Gasteiger partial charge < -0.3 is 9.55 Å². The monoisotopic (exact) mass is 334 g/mol. The number of aryl methyl sites for hydroxylation is 1. The maximum absolute atomic E-state index is 5.37. The van der Waals surface area contributed by atoms with Crippen molar-refractivity contribution >= 4 is 39.2 Å². The van der Waals surface area contributed by atoms with Crippen molar-refractivity contribution in [3.63, 3.8) is 0 Å². The van der Waals surface area contributed by atoms with Crippen LogP contribution < -0.4 is 0 Å². The minimum Gasteiger partial charge on any atom is -0.331 e. The standard InChI is InChI=1S/C13H11BrN4S/c1-8-5-16-10(6-15-8)7-18-12-3-2-9(14)4-11(12)17-13(18)19/h2-6H,7H2,1H3,(H,17,19). The molecule has 0 radical (unpaired) electrons. The minimum atomic E-state index is 0.619. The van der Waals surface area contributed by atoms with Crippen LogP contribution in [-0.4, -0.2) is 19.5 Å². The molecular weight excluding hydrogens is 324 g/mol. The molecule has 0 amide bonds. The number of H-pyrrole nitrogens is 1. The SMILES string of the molecule is Cc1cnc(Cn2c(=S)[nH]c3cc(Br)ccc32)cn1. The highest BCUT2D eigenvalue weighted by molar-refractivity contribution is 9.10. The van der Waals surface area contributed by atoms with E-state index in [4.69, 9.17) is 12.2 Å². The second-order valence-corrected chi connectivity index (χ2v) is 5.63. The number of halogens is 1. The summed E-state index contributed by atoms with van der Waals surface area (Å²) in [4.78, 5) is 11.8. The second kappa shape index (κ2) is 4.86. The summed E-state index contributed by atoms with van der Waals surface area (Å²) in [6.07, 6.45) is 3.55. The van der Waals surface area contributed by atoms with Gasteiger partial charge in [0.1, 0.15) is 0 Å². The van der Waals surface area contributed by atoms with E-state index in [0.29, 0.717) is 11.3 Å². The molecule has 0 aliphatic rings. The number of aromatic amines is 1. The average Bonchev–Trinajstić information content (AvgIpc) is 2.68. The fraction of sp³-hybridized carbons (Fsp3) is 0.154. The summed E-state index contributed by atoms with van der Waals surface area (Å²) in [5, 5.41) is 0. The van der Waals surface area contributed by atoms with Gasteiger partial charge in [-0.2, -0.15) is 0 Å². The Balaban J connectivity index is 2.07. The Morgan fingerprint density at radius 3 is 2.89 bits per heavy atom. The average molecular weight is 335 g/mol. The number of nitrogens with zero attached hydrogens (tertiary/aromatic N) is 3. The van der Waals surface area contributed by atoms with Gasteiger partial charge in [0.15, 0.2) is 4.77 Å². The number of hydrogen-bond donors (Lipinski definition) is 1. The molecule has 0 aliphatic heterocycles. The summed E-state index contributed by atoms with van der Waals surface area (Å²) in [7, 11) is 0. The zero-order valence-corrected chi connectivity index (χ0v) is 12.6. The van der Waals surface area contributed by atoms with Crippen molar-refractivity contribution in [3.8, 4) is 0 Å². The lowest BCUT2D eigenvalue weighted by atomic mass is 10.3. The first-order valence-electron chi connectivity index (χ1n) is 5.79. The van der Waals surface area contributed by atoms with Gasteiger partial charge in [0.25, 0.3) is 0 Å². The molecule has 0 aliphatic carbocycles. The lowest BCUT2D eigenvalue weighted by molar-refractivity contribution is 0.776. The van der Waals surface area contributed by atoms with Crippen LogP contribution in [0.15, 0.2) is 35.1 Å². The van der Waals surface area contributed by atoms with Gasteiger partial charge in [-0.1, -0.05) is 15.9 Å². The zero-order chi connectivity index (χ0) is 13.4. The molecule has 6 heteroatoms. The number of fused-ring (bicyclic) bond motifs is 1. The third kappa shape index (κ3) is 2.46. The molecule has 0 atom stereocenters. The van der Waals surface area contributed by atoms with E-state index in [1.54, 1.807) is 12.4 Å². The minimum absolute atomic E-state index is 0.619. The van der Waals surface area contributed by atoms with Crippen LogP contribution in [0.1, 0.15) is 11.4 Å². The number of hydrogen-bond acceptors (Lipinski definition) is 3. The van der Waals surface area contributed by atoms with Crippen LogP contribution in [0.5, 0.6) is 0 Å². The largest absolute Gasteiger partial charge is 0.331 e. The number of imidazole rings is 1. The Labute approximate surface area is 123 Å².